The minimum atomic E-state index is -0.220. The van der Waals surface area contributed by atoms with Crippen LogP contribution in [0.5, 0.6) is 0 Å². The molecule has 1 fully saturated rings. The number of amides is 2. The third-order valence-electron chi connectivity index (χ3n) is 4.17. The highest BCUT2D eigenvalue weighted by Crippen LogP contribution is 2.20. The Kier molecular flexibility index (Phi) is 5.28. The predicted octanol–water partition coefficient (Wildman–Crippen LogP) is 3.02. The van der Waals surface area contributed by atoms with Gasteiger partial charge in [0, 0.05) is 47.1 Å². The molecule has 0 unspecified atom stereocenters. The molecule has 1 heterocycles. The summed E-state index contributed by atoms with van der Waals surface area (Å²) in [6.07, 6.45) is 0. The van der Waals surface area contributed by atoms with E-state index in [9.17, 15) is 9.59 Å². The Bertz CT molecular complexity index is 801. The summed E-state index contributed by atoms with van der Waals surface area (Å²) < 4.78 is 0. The van der Waals surface area contributed by atoms with E-state index in [1.807, 2.05) is 29.7 Å². The van der Waals surface area contributed by atoms with E-state index in [2.05, 4.69) is 5.32 Å². The molecule has 5 nitrogen and oxygen atoms in total. The van der Waals surface area contributed by atoms with Crippen molar-refractivity contribution in [3.8, 4) is 0 Å². The first-order chi connectivity index (χ1) is 12.0. The standard InChI is InChI=1S/C19H21N3O2S/c1-13-11-15(19(24)22-7-9-25-10-8-22)5-6-17(13)21-18(23)14-3-2-4-16(20)12-14/h2-6,11-12H,7-10,20H2,1H3,(H,21,23). The van der Waals surface area contributed by atoms with Crippen LogP contribution in [0.25, 0.3) is 0 Å². The Morgan fingerprint density at radius 3 is 2.52 bits per heavy atom. The number of benzene rings is 2. The minimum absolute atomic E-state index is 0.0529. The molecule has 0 aromatic heterocycles. The zero-order valence-corrected chi connectivity index (χ0v) is 14.9. The minimum Gasteiger partial charge on any atom is -0.399 e. The second-order valence-corrected chi connectivity index (χ2v) is 7.24. The molecule has 2 aromatic rings. The van der Waals surface area contributed by atoms with Gasteiger partial charge in [-0.05, 0) is 48.9 Å². The quantitative estimate of drug-likeness (QED) is 0.830. The number of aryl methyl sites for hydroxylation is 1. The van der Waals surface area contributed by atoms with E-state index in [1.165, 1.54) is 0 Å². The molecule has 0 atom stereocenters. The van der Waals surface area contributed by atoms with E-state index in [0.717, 1.165) is 30.2 Å². The van der Waals surface area contributed by atoms with E-state index in [-0.39, 0.29) is 11.8 Å². The molecule has 1 aliphatic heterocycles. The van der Waals surface area contributed by atoms with Gasteiger partial charge in [0.25, 0.3) is 11.8 Å². The summed E-state index contributed by atoms with van der Waals surface area (Å²) in [7, 11) is 0. The molecule has 2 amide bonds. The largest absolute Gasteiger partial charge is 0.399 e. The van der Waals surface area contributed by atoms with Crippen molar-refractivity contribution in [3.63, 3.8) is 0 Å². The number of thioether (sulfide) groups is 1. The molecule has 0 radical (unpaired) electrons. The average molecular weight is 355 g/mol. The highest BCUT2D eigenvalue weighted by Gasteiger charge is 2.19. The van der Waals surface area contributed by atoms with Gasteiger partial charge in [-0.2, -0.15) is 11.8 Å². The van der Waals surface area contributed by atoms with Crippen LogP contribution in [0.3, 0.4) is 0 Å². The van der Waals surface area contributed by atoms with Crippen molar-refractivity contribution in [2.24, 2.45) is 0 Å². The van der Waals surface area contributed by atoms with Gasteiger partial charge in [0.15, 0.2) is 0 Å². The second-order valence-electron chi connectivity index (χ2n) is 6.01. The van der Waals surface area contributed by atoms with Crippen LogP contribution in [-0.2, 0) is 0 Å². The topological polar surface area (TPSA) is 75.4 Å². The van der Waals surface area contributed by atoms with Crippen molar-refractivity contribution in [3.05, 3.63) is 59.2 Å². The van der Waals surface area contributed by atoms with Gasteiger partial charge in [-0.1, -0.05) is 6.07 Å². The van der Waals surface area contributed by atoms with Gasteiger partial charge in [0.05, 0.1) is 0 Å². The number of nitrogens with two attached hydrogens (primary N) is 1. The Morgan fingerprint density at radius 2 is 1.84 bits per heavy atom. The average Bonchev–Trinajstić information content (AvgIpc) is 2.63. The van der Waals surface area contributed by atoms with Crippen LogP contribution in [0.1, 0.15) is 26.3 Å². The maximum atomic E-state index is 12.6. The maximum absolute atomic E-state index is 12.6. The lowest BCUT2D eigenvalue weighted by atomic mass is 10.1. The number of hydrogen-bond acceptors (Lipinski definition) is 4. The second kappa shape index (κ2) is 7.61. The normalized spacial score (nSPS) is 14.2. The first-order valence-electron chi connectivity index (χ1n) is 8.19. The van der Waals surface area contributed by atoms with Crippen molar-refractivity contribution in [2.75, 3.05) is 35.6 Å². The van der Waals surface area contributed by atoms with Crippen LogP contribution in [0.4, 0.5) is 11.4 Å². The number of anilines is 2. The molecular formula is C19H21N3O2S. The van der Waals surface area contributed by atoms with Crippen molar-refractivity contribution >= 4 is 35.0 Å². The molecule has 3 N–H and O–H groups in total. The lowest BCUT2D eigenvalue weighted by Gasteiger charge is -2.26. The number of carbonyl (C=O) groups excluding carboxylic acids is 2. The third-order valence-corrected chi connectivity index (χ3v) is 5.11. The molecule has 25 heavy (non-hydrogen) atoms. The summed E-state index contributed by atoms with van der Waals surface area (Å²) in [4.78, 5) is 26.8. The first kappa shape index (κ1) is 17.4. The number of rotatable bonds is 3. The smallest absolute Gasteiger partial charge is 0.255 e. The molecule has 1 aliphatic rings. The fourth-order valence-electron chi connectivity index (χ4n) is 2.76. The number of nitrogens with zero attached hydrogens (tertiary/aromatic N) is 1. The zero-order chi connectivity index (χ0) is 17.8. The molecule has 0 spiro atoms. The monoisotopic (exact) mass is 355 g/mol. The van der Waals surface area contributed by atoms with Crippen molar-refractivity contribution < 1.29 is 9.59 Å². The van der Waals surface area contributed by atoms with Crippen LogP contribution in [-0.4, -0.2) is 41.3 Å². The fraction of sp³-hybridized carbons (Fsp3) is 0.263. The lowest BCUT2D eigenvalue weighted by Crippen LogP contribution is -2.37. The number of hydrogen-bond donors (Lipinski definition) is 2. The molecular weight excluding hydrogens is 334 g/mol. The summed E-state index contributed by atoms with van der Waals surface area (Å²) in [6.45, 7) is 3.46. The first-order valence-corrected chi connectivity index (χ1v) is 9.34. The predicted molar refractivity (Wildman–Crippen MR) is 103 cm³/mol. The molecule has 2 aromatic carbocycles. The Morgan fingerprint density at radius 1 is 1.08 bits per heavy atom. The van der Waals surface area contributed by atoms with Gasteiger partial charge in [-0.3, -0.25) is 9.59 Å². The molecule has 0 saturated carbocycles. The van der Waals surface area contributed by atoms with E-state index in [1.54, 1.807) is 36.4 Å². The maximum Gasteiger partial charge on any atom is 0.255 e. The summed E-state index contributed by atoms with van der Waals surface area (Å²) in [5.74, 6) is 1.80. The van der Waals surface area contributed by atoms with Crippen LogP contribution < -0.4 is 11.1 Å². The van der Waals surface area contributed by atoms with Gasteiger partial charge in [-0.15, -0.1) is 0 Å². The van der Waals surface area contributed by atoms with Crippen molar-refractivity contribution in [1.82, 2.24) is 4.90 Å². The summed E-state index contributed by atoms with van der Waals surface area (Å²) in [5.41, 5.74) is 8.98. The fourth-order valence-corrected chi connectivity index (χ4v) is 3.66. The molecule has 0 aliphatic carbocycles. The van der Waals surface area contributed by atoms with Crippen LogP contribution in [0.15, 0.2) is 42.5 Å². The third kappa shape index (κ3) is 4.14. The van der Waals surface area contributed by atoms with Gasteiger partial charge < -0.3 is 16.0 Å². The summed E-state index contributed by atoms with van der Waals surface area (Å²) in [5, 5.41) is 2.88. The van der Waals surface area contributed by atoms with E-state index in [4.69, 9.17) is 5.73 Å². The highest BCUT2D eigenvalue weighted by molar-refractivity contribution is 7.99. The summed E-state index contributed by atoms with van der Waals surface area (Å²) in [6, 6.07) is 12.2. The van der Waals surface area contributed by atoms with Gasteiger partial charge in [0.2, 0.25) is 0 Å². The van der Waals surface area contributed by atoms with Crippen LogP contribution >= 0.6 is 11.8 Å². The van der Waals surface area contributed by atoms with Gasteiger partial charge in [-0.25, -0.2) is 0 Å². The van der Waals surface area contributed by atoms with E-state index < -0.39 is 0 Å². The Labute approximate surface area is 151 Å². The van der Waals surface area contributed by atoms with Gasteiger partial charge in [0.1, 0.15) is 0 Å². The molecule has 1 saturated heterocycles. The van der Waals surface area contributed by atoms with Crippen molar-refractivity contribution in [1.29, 1.82) is 0 Å². The van der Waals surface area contributed by atoms with Gasteiger partial charge >= 0.3 is 0 Å². The SMILES string of the molecule is Cc1cc(C(=O)N2CCSCC2)ccc1NC(=O)c1cccc(N)c1. The lowest BCUT2D eigenvalue weighted by molar-refractivity contribution is 0.0772. The van der Waals surface area contributed by atoms with Crippen LogP contribution in [0.2, 0.25) is 0 Å². The Hall–Kier alpha value is -2.47. The van der Waals surface area contributed by atoms with Crippen molar-refractivity contribution in [2.45, 2.75) is 6.92 Å². The number of nitrogen functional groups attached to an aromatic ring is 1. The molecule has 6 heteroatoms. The van der Waals surface area contributed by atoms with E-state index >= 15 is 0 Å². The Balaban J connectivity index is 1.73. The molecule has 3 rings (SSSR count). The number of nitrogens with one attached hydrogen (secondary N) is 1. The number of carbonyl (C=O) groups is 2. The summed E-state index contributed by atoms with van der Waals surface area (Å²) >= 11 is 1.87. The molecule has 130 valence electrons. The highest BCUT2D eigenvalue weighted by atomic mass is 32.2. The van der Waals surface area contributed by atoms with E-state index in [0.29, 0.717) is 22.5 Å². The zero-order valence-electron chi connectivity index (χ0n) is 14.1. The molecule has 0 bridgehead atoms. The van der Waals surface area contributed by atoms with Crippen LogP contribution in [0, 0.1) is 6.92 Å².